The van der Waals surface area contributed by atoms with Crippen LogP contribution in [0.1, 0.15) is 10.4 Å². The molecule has 0 atom stereocenters. The second kappa shape index (κ2) is 6.22. The zero-order valence-corrected chi connectivity index (χ0v) is 9.86. The number of benzene rings is 1. The Morgan fingerprint density at radius 2 is 2.06 bits per heavy atom. The highest BCUT2D eigenvalue weighted by atomic mass is 35.5. The summed E-state index contributed by atoms with van der Waals surface area (Å²) in [5.74, 6) is -0.990. The summed E-state index contributed by atoms with van der Waals surface area (Å²) in [7, 11) is 1.47. The van der Waals surface area contributed by atoms with Gasteiger partial charge in [0.15, 0.2) is 5.78 Å². The van der Waals surface area contributed by atoms with Crippen molar-refractivity contribution in [3.63, 3.8) is 0 Å². The Morgan fingerprint density at radius 1 is 1.35 bits per heavy atom. The molecule has 0 bridgehead atoms. The van der Waals surface area contributed by atoms with E-state index in [0.29, 0.717) is 16.3 Å². The van der Waals surface area contributed by atoms with Crippen LogP contribution in [0.3, 0.4) is 0 Å². The van der Waals surface area contributed by atoms with Crippen molar-refractivity contribution in [1.82, 2.24) is 0 Å². The molecule has 0 saturated heterocycles. The predicted octanol–water partition coefficient (Wildman–Crippen LogP) is 1.63. The molecule has 1 rings (SSSR count). The number of methoxy groups -OCH3 is 1. The fraction of sp³-hybridized carbons (Fsp3) is 0.273. The zero-order valence-electron chi connectivity index (χ0n) is 9.10. The molecular weight excluding hydrogens is 248 g/mol. The highest BCUT2D eigenvalue weighted by Crippen LogP contribution is 2.25. The van der Waals surface area contributed by atoms with E-state index in [1.165, 1.54) is 19.2 Å². The first-order valence-corrected chi connectivity index (χ1v) is 5.08. The first-order chi connectivity index (χ1) is 8.04. The van der Waals surface area contributed by atoms with Crippen molar-refractivity contribution < 1.29 is 24.2 Å². The summed E-state index contributed by atoms with van der Waals surface area (Å²) >= 11 is 5.85. The summed E-state index contributed by atoms with van der Waals surface area (Å²) in [6.45, 7) is -0.801. The number of aliphatic carboxylic acids is 1. The van der Waals surface area contributed by atoms with Crippen LogP contribution in [0.4, 0.5) is 0 Å². The lowest BCUT2D eigenvalue weighted by Crippen LogP contribution is -2.14. The summed E-state index contributed by atoms with van der Waals surface area (Å²) in [6, 6.07) is 4.55. The number of hydrogen-bond donors (Lipinski definition) is 1. The second-order valence-corrected chi connectivity index (χ2v) is 3.57. The Bertz CT molecular complexity index is 430. The molecule has 0 saturated carbocycles. The van der Waals surface area contributed by atoms with Crippen LogP contribution < -0.4 is 4.74 Å². The lowest BCUT2D eigenvalue weighted by molar-refractivity contribution is -0.141. The van der Waals surface area contributed by atoms with Crippen LogP contribution in [-0.4, -0.2) is 37.2 Å². The molecule has 0 heterocycles. The van der Waals surface area contributed by atoms with E-state index >= 15 is 0 Å². The summed E-state index contributed by atoms with van der Waals surface area (Å²) < 4.78 is 9.62. The first-order valence-electron chi connectivity index (χ1n) is 4.71. The van der Waals surface area contributed by atoms with Gasteiger partial charge in [-0.3, -0.25) is 4.79 Å². The maximum atomic E-state index is 11.6. The number of ether oxygens (including phenoxy) is 2. The second-order valence-electron chi connectivity index (χ2n) is 3.16. The van der Waals surface area contributed by atoms with Gasteiger partial charge >= 0.3 is 5.97 Å². The van der Waals surface area contributed by atoms with E-state index < -0.39 is 12.6 Å². The van der Waals surface area contributed by atoms with Crippen molar-refractivity contribution in [3.8, 4) is 5.75 Å². The van der Waals surface area contributed by atoms with Gasteiger partial charge in [-0.25, -0.2) is 4.79 Å². The smallest absolute Gasteiger partial charge is 0.329 e. The molecule has 0 aliphatic carbocycles. The van der Waals surface area contributed by atoms with E-state index in [2.05, 4.69) is 4.74 Å². The third kappa shape index (κ3) is 4.05. The van der Waals surface area contributed by atoms with Crippen LogP contribution in [-0.2, 0) is 9.53 Å². The van der Waals surface area contributed by atoms with Gasteiger partial charge in [-0.05, 0) is 18.2 Å². The summed E-state index contributed by atoms with van der Waals surface area (Å²) in [4.78, 5) is 21.7. The largest absolute Gasteiger partial charge is 0.495 e. The summed E-state index contributed by atoms with van der Waals surface area (Å²) in [5, 5.41) is 8.65. The number of carbonyl (C=O) groups excluding carboxylic acids is 1. The highest BCUT2D eigenvalue weighted by molar-refractivity contribution is 6.32. The Kier molecular flexibility index (Phi) is 4.93. The third-order valence-electron chi connectivity index (χ3n) is 1.93. The molecule has 1 aromatic rings. The van der Waals surface area contributed by atoms with Crippen molar-refractivity contribution in [2.24, 2.45) is 0 Å². The minimum atomic E-state index is -1.12. The maximum Gasteiger partial charge on any atom is 0.329 e. The van der Waals surface area contributed by atoms with E-state index in [-0.39, 0.29) is 12.4 Å². The van der Waals surface area contributed by atoms with Gasteiger partial charge in [0.25, 0.3) is 0 Å². The minimum Gasteiger partial charge on any atom is -0.495 e. The highest BCUT2D eigenvalue weighted by Gasteiger charge is 2.10. The van der Waals surface area contributed by atoms with Crippen LogP contribution in [0.5, 0.6) is 5.75 Å². The molecule has 0 spiro atoms. The lowest BCUT2D eigenvalue weighted by Gasteiger charge is -2.05. The molecule has 0 aromatic heterocycles. The van der Waals surface area contributed by atoms with Crippen molar-refractivity contribution in [1.29, 1.82) is 0 Å². The normalized spacial score (nSPS) is 10.0. The Labute approximate surface area is 103 Å². The number of hydrogen-bond acceptors (Lipinski definition) is 4. The predicted molar refractivity (Wildman–Crippen MR) is 60.8 cm³/mol. The van der Waals surface area contributed by atoms with Crippen molar-refractivity contribution in [3.05, 3.63) is 28.8 Å². The van der Waals surface area contributed by atoms with E-state index in [1.807, 2.05) is 0 Å². The number of ketones is 1. The molecule has 1 aromatic carbocycles. The first kappa shape index (κ1) is 13.5. The van der Waals surface area contributed by atoms with Gasteiger partial charge in [-0.15, -0.1) is 0 Å². The Morgan fingerprint density at radius 3 is 2.59 bits per heavy atom. The van der Waals surface area contributed by atoms with E-state index in [1.54, 1.807) is 6.07 Å². The number of carboxylic acid groups (broad SMARTS) is 1. The molecule has 17 heavy (non-hydrogen) atoms. The number of carboxylic acids is 1. The molecule has 92 valence electrons. The number of rotatable bonds is 6. The Balaban J connectivity index is 2.63. The summed E-state index contributed by atoms with van der Waals surface area (Å²) in [5.41, 5.74) is 0.348. The molecule has 0 radical (unpaired) electrons. The molecule has 1 N–H and O–H groups in total. The van der Waals surface area contributed by atoms with Gasteiger partial charge in [0, 0.05) is 5.56 Å². The summed E-state index contributed by atoms with van der Waals surface area (Å²) in [6.07, 6.45) is 0. The maximum absolute atomic E-state index is 11.6. The fourth-order valence-electron chi connectivity index (χ4n) is 1.15. The average molecular weight is 259 g/mol. The topological polar surface area (TPSA) is 72.8 Å². The lowest BCUT2D eigenvalue weighted by atomic mass is 10.1. The number of carbonyl (C=O) groups is 2. The molecule has 0 fully saturated rings. The molecule has 6 heteroatoms. The van der Waals surface area contributed by atoms with Crippen LogP contribution in [0.25, 0.3) is 0 Å². The zero-order chi connectivity index (χ0) is 12.8. The Hall–Kier alpha value is -1.59. The van der Waals surface area contributed by atoms with Crippen LogP contribution in [0.2, 0.25) is 5.02 Å². The van der Waals surface area contributed by atoms with E-state index in [0.717, 1.165) is 0 Å². The van der Waals surface area contributed by atoms with Gasteiger partial charge in [0.2, 0.25) is 0 Å². The third-order valence-corrected chi connectivity index (χ3v) is 2.23. The van der Waals surface area contributed by atoms with Gasteiger partial charge in [0.1, 0.15) is 19.0 Å². The average Bonchev–Trinajstić information content (AvgIpc) is 2.28. The molecule has 0 amide bonds. The molecular formula is C11H11ClO5. The van der Waals surface area contributed by atoms with Gasteiger partial charge in [-0.1, -0.05) is 11.6 Å². The fourth-order valence-corrected chi connectivity index (χ4v) is 1.41. The molecule has 0 aliphatic heterocycles. The van der Waals surface area contributed by atoms with Gasteiger partial charge in [-0.2, -0.15) is 0 Å². The van der Waals surface area contributed by atoms with Crippen molar-refractivity contribution >= 4 is 23.4 Å². The van der Waals surface area contributed by atoms with Crippen molar-refractivity contribution in [2.45, 2.75) is 0 Å². The van der Waals surface area contributed by atoms with E-state index in [9.17, 15) is 9.59 Å². The van der Waals surface area contributed by atoms with Crippen LogP contribution in [0, 0.1) is 0 Å². The SMILES string of the molecule is COc1ccc(C(=O)COCC(=O)O)cc1Cl. The standard InChI is InChI=1S/C11H11ClO5/c1-16-10-3-2-7(4-8(10)12)9(13)5-17-6-11(14)15/h2-4H,5-6H2,1H3,(H,14,15). The van der Waals surface area contributed by atoms with Crippen LogP contribution in [0.15, 0.2) is 18.2 Å². The molecule has 0 unspecified atom stereocenters. The van der Waals surface area contributed by atoms with Crippen molar-refractivity contribution in [2.75, 3.05) is 20.3 Å². The minimum absolute atomic E-state index is 0.297. The van der Waals surface area contributed by atoms with Gasteiger partial charge < -0.3 is 14.6 Å². The quantitative estimate of drug-likeness (QED) is 0.785. The molecule has 5 nitrogen and oxygen atoms in total. The number of halogens is 1. The van der Waals surface area contributed by atoms with Gasteiger partial charge in [0.05, 0.1) is 12.1 Å². The monoisotopic (exact) mass is 258 g/mol. The van der Waals surface area contributed by atoms with Crippen LogP contribution >= 0.6 is 11.6 Å². The number of Topliss-reactive ketones (excluding diaryl/α,β-unsaturated/α-hetero) is 1. The molecule has 0 aliphatic rings. The van der Waals surface area contributed by atoms with E-state index in [4.69, 9.17) is 21.4 Å².